The molecule has 0 saturated carbocycles. The van der Waals surface area contributed by atoms with Crippen LogP contribution in [0.15, 0.2) is 66.7 Å². The van der Waals surface area contributed by atoms with Gasteiger partial charge >= 0.3 is 0 Å². The molecule has 0 aliphatic rings. The molecule has 0 bridgehead atoms. The Morgan fingerprint density at radius 1 is 0.862 bits per heavy atom. The summed E-state index contributed by atoms with van der Waals surface area (Å²) >= 11 is 0. The highest BCUT2D eigenvalue weighted by Crippen LogP contribution is 2.52. The van der Waals surface area contributed by atoms with Crippen LogP contribution >= 0.6 is 7.14 Å². The summed E-state index contributed by atoms with van der Waals surface area (Å²) in [6.07, 6.45) is 0.223. The van der Waals surface area contributed by atoms with E-state index < -0.39 is 7.14 Å². The van der Waals surface area contributed by atoms with E-state index in [0.717, 1.165) is 27.9 Å². The van der Waals surface area contributed by atoms with E-state index in [1.165, 1.54) is 0 Å². The van der Waals surface area contributed by atoms with E-state index in [4.69, 9.17) is 0 Å². The van der Waals surface area contributed by atoms with Crippen LogP contribution < -0.4 is 10.2 Å². The summed E-state index contributed by atoms with van der Waals surface area (Å²) in [5.74, 6) is 0. The fourth-order valence-corrected chi connectivity index (χ4v) is 6.44. The average molecular weight is 405 g/mol. The van der Waals surface area contributed by atoms with Crippen LogP contribution in [0, 0.1) is 20.8 Å². The van der Waals surface area contributed by atoms with Crippen molar-refractivity contribution in [3.8, 4) is 0 Å². The molecule has 0 amide bonds. The summed E-state index contributed by atoms with van der Waals surface area (Å²) in [4.78, 5) is 15.8. The third kappa shape index (κ3) is 4.36. The first kappa shape index (κ1) is 21.1. The number of rotatable bonds is 6. The maximum absolute atomic E-state index is 14.4. The predicted molar refractivity (Wildman–Crippen MR) is 123 cm³/mol. The molecular formula is C25H28NO2P. The van der Waals surface area contributed by atoms with Gasteiger partial charge in [-0.1, -0.05) is 48.0 Å². The van der Waals surface area contributed by atoms with Crippen LogP contribution in [0.3, 0.4) is 0 Å². The molecule has 4 heteroatoms. The smallest absolute Gasteiger partial charge is 0.226 e. The van der Waals surface area contributed by atoms with Gasteiger partial charge in [0.25, 0.3) is 0 Å². The fourth-order valence-electron chi connectivity index (χ4n) is 3.81. The molecule has 0 N–H and O–H groups in total. The number of aryl methyl sites for hydroxylation is 3. The summed E-state index contributed by atoms with van der Waals surface area (Å²) in [6, 6.07) is 21.1. The Hall–Kier alpha value is -2.64. The minimum Gasteiger partial charge on any atom is -0.378 e. The standard InChI is InChI=1S/C25H28NO2P/c1-18-15-19(2)24(20(3)16-18)25(27)29(28,17-21-9-7-6-8-10-21)23-13-11-22(12-14-23)26(4)5/h6-16H,17H2,1-5H3. The van der Waals surface area contributed by atoms with Crippen molar-refractivity contribution in [3.63, 3.8) is 0 Å². The van der Waals surface area contributed by atoms with Crippen molar-refractivity contribution in [3.05, 3.63) is 94.5 Å². The third-order valence-corrected chi connectivity index (χ3v) is 8.07. The molecule has 0 aromatic heterocycles. The van der Waals surface area contributed by atoms with E-state index in [0.29, 0.717) is 10.9 Å². The minimum atomic E-state index is -3.38. The van der Waals surface area contributed by atoms with Crippen molar-refractivity contribution < 1.29 is 9.36 Å². The molecule has 0 heterocycles. The fraction of sp³-hybridized carbons (Fsp3) is 0.240. The van der Waals surface area contributed by atoms with Gasteiger partial charge in [-0.2, -0.15) is 0 Å². The van der Waals surface area contributed by atoms with Gasteiger partial charge in [-0.3, -0.25) is 4.79 Å². The highest BCUT2D eigenvalue weighted by atomic mass is 31.2. The van der Waals surface area contributed by atoms with Crippen molar-refractivity contribution >= 4 is 23.7 Å². The Morgan fingerprint density at radius 3 is 1.93 bits per heavy atom. The van der Waals surface area contributed by atoms with E-state index in [2.05, 4.69) is 0 Å². The monoisotopic (exact) mass is 405 g/mol. The molecule has 0 aliphatic heterocycles. The first-order valence-corrected chi connectivity index (χ1v) is 11.7. The Balaban J connectivity index is 2.15. The van der Waals surface area contributed by atoms with Gasteiger partial charge in [-0.05, 0) is 61.7 Å². The zero-order valence-electron chi connectivity index (χ0n) is 17.8. The molecule has 3 nitrogen and oxygen atoms in total. The Bertz CT molecular complexity index is 1050. The number of carbonyl (C=O) groups excluding carboxylic acids is 1. The zero-order chi connectivity index (χ0) is 21.2. The second-order valence-corrected chi connectivity index (χ2v) is 10.6. The number of hydrogen-bond acceptors (Lipinski definition) is 3. The van der Waals surface area contributed by atoms with Gasteiger partial charge in [-0.25, -0.2) is 0 Å². The van der Waals surface area contributed by atoms with Crippen LogP contribution in [0.4, 0.5) is 5.69 Å². The van der Waals surface area contributed by atoms with E-state index in [1.54, 1.807) is 0 Å². The minimum absolute atomic E-state index is 0.223. The molecule has 0 fully saturated rings. The lowest BCUT2D eigenvalue weighted by molar-refractivity contribution is 0.107. The second-order valence-electron chi connectivity index (χ2n) is 7.87. The predicted octanol–water partition coefficient (Wildman–Crippen LogP) is 5.71. The van der Waals surface area contributed by atoms with Crippen molar-refractivity contribution in [2.45, 2.75) is 26.9 Å². The van der Waals surface area contributed by atoms with Crippen molar-refractivity contribution in [2.75, 3.05) is 19.0 Å². The van der Waals surface area contributed by atoms with E-state index >= 15 is 0 Å². The van der Waals surface area contributed by atoms with Crippen LogP contribution in [0.1, 0.15) is 32.6 Å². The number of hydrogen-bond donors (Lipinski definition) is 0. The lowest BCUT2D eigenvalue weighted by atomic mass is 10.0. The Kier molecular flexibility index (Phi) is 6.10. The van der Waals surface area contributed by atoms with Crippen LogP contribution in [0.5, 0.6) is 0 Å². The molecule has 1 atom stereocenters. The molecule has 0 saturated heterocycles. The SMILES string of the molecule is Cc1cc(C)c(C(=O)P(=O)(Cc2ccccc2)c2ccc(N(C)C)cc2)c(C)c1. The summed E-state index contributed by atoms with van der Waals surface area (Å²) in [7, 11) is 0.539. The van der Waals surface area contributed by atoms with E-state index in [9.17, 15) is 9.36 Å². The normalized spacial score (nSPS) is 13.0. The molecule has 3 aromatic rings. The van der Waals surface area contributed by atoms with Crippen molar-refractivity contribution in [2.24, 2.45) is 0 Å². The van der Waals surface area contributed by atoms with Gasteiger partial charge in [-0.15, -0.1) is 0 Å². The van der Waals surface area contributed by atoms with Gasteiger partial charge in [0.1, 0.15) is 0 Å². The third-order valence-electron chi connectivity index (χ3n) is 5.25. The van der Waals surface area contributed by atoms with Gasteiger partial charge in [0.15, 0.2) is 7.14 Å². The van der Waals surface area contributed by atoms with E-state index in [-0.39, 0.29) is 11.7 Å². The van der Waals surface area contributed by atoms with Crippen LogP contribution in [-0.4, -0.2) is 19.6 Å². The number of nitrogens with zero attached hydrogens (tertiary/aromatic N) is 1. The highest BCUT2D eigenvalue weighted by molar-refractivity contribution is 7.86. The molecule has 1 unspecified atom stereocenters. The largest absolute Gasteiger partial charge is 0.378 e. The number of carbonyl (C=O) groups is 1. The zero-order valence-corrected chi connectivity index (χ0v) is 18.7. The molecule has 0 aliphatic carbocycles. The van der Waals surface area contributed by atoms with Crippen LogP contribution in [0.25, 0.3) is 0 Å². The molecule has 3 rings (SSSR count). The average Bonchev–Trinajstić information content (AvgIpc) is 2.68. The van der Waals surface area contributed by atoms with Gasteiger partial charge in [0.2, 0.25) is 5.52 Å². The second kappa shape index (κ2) is 8.39. The molecule has 29 heavy (non-hydrogen) atoms. The maximum atomic E-state index is 14.4. The quantitative estimate of drug-likeness (QED) is 0.493. The van der Waals surface area contributed by atoms with Crippen molar-refractivity contribution in [1.82, 2.24) is 0 Å². The Morgan fingerprint density at radius 2 is 1.41 bits per heavy atom. The van der Waals surface area contributed by atoms with Crippen LogP contribution in [0.2, 0.25) is 0 Å². The summed E-state index contributed by atoms with van der Waals surface area (Å²) in [5.41, 5.74) is 5.11. The molecule has 0 spiro atoms. The van der Waals surface area contributed by atoms with Gasteiger partial charge in [0.05, 0.1) is 0 Å². The first-order chi connectivity index (χ1) is 13.7. The number of anilines is 1. The van der Waals surface area contributed by atoms with Crippen LogP contribution in [-0.2, 0) is 10.7 Å². The number of benzene rings is 3. The van der Waals surface area contributed by atoms with E-state index in [1.807, 2.05) is 106 Å². The topological polar surface area (TPSA) is 37.4 Å². The highest BCUT2D eigenvalue weighted by Gasteiger charge is 2.36. The first-order valence-electron chi connectivity index (χ1n) is 9.76. The van der Waals surface area contributed by atoms with Gasteiger partial charge in [0, 0.05) is 36.8 Å². The molecule has 0 radical (unpaired) electrons. The Labute approximate surface area is 173 Å². The molecular weight excluding hydrogens is 377 g/mol. The lowest BCUT2D eigenvalue weighted by Gasteiger charge is -2.21. The maximum Gasteiger partial charge on any atom is 0.226 e. The summed E-state index contributed by atoms with van der Waals surface area (Å²) in [5, 5.41) is 0.608. The molecule has 3 aromatic carbocycles. The summed E-state index contributed by atoms with van der Waals surface area (Å²) in [6.45, 7) is 5.86. The molecule has 150 valence electrons. The van der Waals surface area contributed by atoms with Crippen molar-refractivity contribution in [1.29, 1.82) is 0 Å². The summed E-state index contributed by atoms with van der Waals surface area (Å²) < 4.78 is 14.4. The van der Waals surface area contributed by atoms with Gasteiger partial charge < -0.3 is 9.46 Å². The lowest BCUT2D eigenvalue weighted by Crippen LogP contribution is -2.18.